The van der Waals surface area contributed by atoms with Crippen LogP contribution in [-0.2, 0) is 19.1 Å². The van der Waals surface area contributed by atoms with E-state index in [1.54, 1.807) is 31.4 Å². The number of carbonyl (C=O) groups excluding carboxylic acids is 2. The normalized spacial score (nSPS) is 11.7. The van der Waals surface area contributed by atoms with Crippen molar-refractivity contribution < 1.29 is 50.6 Å². The van der Waals surface area contributed by atoms with Crippen molar-refractivity contribution in [2.24, 2.45) is 0 Å². The Kier molecular flexibility index (Phi) is 13.0. The Labute approximate surface area is 263 Å². The summed E-state index contributed by atoms with van der Waals surface area (Å²) < 4.78 is 21.2. The summed E-state index contributed by atoms with van der Waals surface area (Å²) in [6.07, 6.45) is 1.76. The summed E-state index contributed by atoms with van der Waals surface area (Å²) in [5.74, 6) is 0.0186. The van der Waals surface area contributed by atoms with E-state index in [0.29, 0.717) is 17.1 Å². The molecule has 0 saturated carbocycles. The van der Waals surface area contributed by atoms with Crippen LogP contribution in [0.4, 0.5) is 0 Å². The van der Waals surface area contributed by atoms with Gasteiger partial charge in [0.1, 0.15) is 42.5 Å². The van der Waals surface area contributed by atoms with Crippen molar-refractivity contribution >= 4 is 41.2 Å². The van der Waals surface area contributed by atoms with Crippen LogP contribution >= 0.6 is 7.26 Å². The molecule has 7 nitrogen and oxygen atoms in total. The number of aliphatic hydroxyl groups is 1. The van der Waals surface area contributed by atoms with Gasteiger partial charge in [0, 0.05) is 6.08 Å². The maximum atomic E-state index is 13.3. The average Bonchev–Trinajstić information content (AvgIpc) is 3.05. The van der Waals surface area contributed by atoms with E-state index >= 15 is 0 Å². The molecular weight excluding hydrogens is 631 g/mol. The second kappa shape index (κ2) is 16.6. The largest absolute Gasteiger partial charge is 1.00 e. The standard InChI is InChI=1S/C34H34O7P.BrH/c1-38-31-20-18-26(22-32(31)39-2)19-21-33(36)40-23-27(35)24-41-34(37)25-42(28-12-6-3-7-13-28,29-14-8-4-9-15-29)30-16-10-5-11-17-30;/h3-22,27,35H,23-25H2,1-2H3;1H/q+1;/p-1. The van der Waals surface area contributed by atoms with Gasteiger partial charge in [0.15, 0.2) is 17.7 Å². The lowest BCUT2D eigenvalue weighted by Gasteiger charge is -2.26. The Morgan fingerprint density at radius 1 is 0.721 bits per heavy atom. The molecule has 1 unspecified atom stereocenters. The zero-order valence-corrected chi connectivity index (χ0v) is 26.4. The third-order valence-corrected chi connectivity index (χ3v) is 10.9. The molecule has 1 atom stereocenters. The molecule has 0 saturated heterocycles. The zero-order valence-electron chi connectivity index (χ0n) is 24.0. The first-order chi connectivity index (χ1) is 20.5. The number of ether oxygens (including phenoxy) is 4. The Balaban J connectivity index is 0.00000506. The van der Waals surface area contributed by atoms with Gasteiger partial charge in [-0.25, -0.2) is 9.59 Å². The molecule has 0 aliphatic carbocycles. The number of rotatable bonds is 13. The Hall–Kier alpha value is -3.97. The van der Waals surface area contributed by atoms with E-state index in [0.717, 1.165) is 15.9 Å². The number of esters is 2. The number of methoxy groups -OCH3 is 2. The van der Waals surface area contributed by atoms with E-state index in [1.165, 1.54) is 13.2 Å². The monoisotopic (exact) mass is 664 g/mol. The SMILES string of the molecule is COc1ccc(C=CC(=O)OCC(O)COC(=O)C[P+](c2ccccc2)(c2ccccc2)c2ccccc2)cc1OC.[Br-]. The van der Waals surface area contributed by atoms with Crippen molar-refractivity contribution in [3.8, 4) is 11.5 Å². The van der Waals surface area contributed by atoms with Gasteiger partial charge >= 0.3 is 11.9 Å². The van der Waals surface area contributed by atoms with Crippen LogP contribution in [-0.4, -0.2) is 56.7 Å². The Morgan fingerprint density at radius 2 is 1.21 bits per heavy atom. The highest BCUT2D eigenvalue weighted by molar-refractivity contribution is 7.96. The van der Waals surface area contributed by atoms with Crippen molar-refractivity contribution in [2.45, 2.75) is 6.10 Å². The van der Waals surface area contributed by atoms with Crippen molar-refractivity contribution in [1.29, 1.82) is 0 Å². The van der Waals surface area contributed by atoms with Gasteiger partial charge < -0.3 is 41.0 Å². The van der Waals surface area contributed by atoms with E-state index in [2.05, 4.69) is 0 Å². The third-order valence-electron chi connectivity index (χ3n) is 6.63. The molecule has 4 aromatic carbocycles. The van der Waals surface area contributed by atoms with Crippen LogP contribution in [0.5, 0.6) is 11.5 Å². The number of hydrogen-bond donors (Lipinski definition) is 1. The summed E-state index contributed by atoms with van der Waals surface area (Å²) >= 11 is 0. The van der Waals surface area contributed by atoms with Gasteiger partial charge in [-0.15, -0.1) is 0 Å². The molecule has 0 spiro atoms. The van der Waals surface area contributed by atoms with E-state index in [9.17, 15) is 14.7 Å². The highest BCUT2D eigenvalue weighted by atomic mass is 79.9. The fraction of sp³-hybridized carbons (Fsp3) is 0.176. The van der Waals surface area contributed by atoms with Crippen LogP contribution < -0.4 is 42.4 Å². The molecule has 1 N–H and O–H groups in total. The van der Waals surface area contributed by atoms with Crippen LogP contribution in [0, 0.1) is 0 Å². The molecule has 224 valence electrons. The first-order valence-corrected chi connectivity index (χ1v) is 15.4. The lowest BCUT2D eigenvalue weighted by molar-refractivity contribution is -0.147. The van der Waals surface area contributed by atoms with E-state index in [4.69, 9.17) is 18.9 Å². The first kappa shape index (κ1) is 33.5. The molecule has 0 aliphatic rings. The summed E-state index contributed by atoms with van der Waals surface area (Å²) in [6.45, 7) is -0.622. The van der Waals surface area contributed by atoms with E-state index in [1.807, 2.05) is 91.0 Å². The lowest BCUT2D eigenvalue weighted by atomic mass is 10.2. The highest BCUT2D eigenvalue weighted by Gasteiger charge is 2.47. The fourth-order valence-corrected chi connectivity index (χ4v) is 8.56. The molecule has 0 fully saturated rings. The topological polar surface area (TPSA) is 91.3 Å². The van der Waals surface area contributed by atoms with Crippen molar-refractivity contribution in [3.63, 3.8) is 0 Å². The highest BCUT2D eigenvalue weighted by Crippen LogP contribution is 2.55. The summed E-state index contributed by atoms with van der Waals surface area (Å²) in [7, 11) is 0.654. The molecule has 0 radical (unpaired) electrons. The minimum Gasteiger partial charge on any atom is -1.00 e. The molecule has 43 heavy (non-hydrogen) atoms. The molecule has 4 rings (SSSR count). The Bertz CT molecular complexity index is 1380. The van der Waals surface area contributed by atoms with Gasteiger partial charge in [-0.1, -0.05) is 60.7 Å². The molecule has 0 heterocycles. The number of carbonyl (C=O) groups is 2. The van der Waals surface area contributed by atoms with Gasteiger partial charge in [-0.2, -0.15) is 0 Å². The molecule has 0 aromatic heterocycles. The van der Waals surface area contributed by atoms with Crippen molar-refractivity contribution in [1.82, 2.24) is 0 Å². The quantitative estimate of drug-likeness (QED) is 0.130. The molecule has 9 heteroatoms. The van der Waals surface area contributed by atoms with Crippen LogP contribution in [0.2, 0.25) is 0 Å². The van der Waals surface area contributed by atoms with Crippen LogP contribution in [0.25, 0.3) is 6.08 Å². The lowest BCUT2D eigenvalue weighted by Crippen LogP contribution is -3.00. The van der Waals surface area contributed by atoms with Crippen LogP contribution in [0.15, 0.2) is 115 Å². The minimum absolute atomic E-state index is 0. The van der Waals surface area contributed by atoms with Crippen LogP contribution in [0.1, 0.15) is 5.56 Å². The van der Waals surface area contributed by atoms with Crippen molar-refractivity contribution in [2.75, 3.05) is 33.6 Å². The Morgan fingerprint density at radius 3 is 1.70 bits per heavy atom. The van der Waals surface area contributed by atoms with Crippen molar-refractivity contribution in [3.05, 3.63) is 121 Å². The number of aliphatic hydroxyl groups excluding tert-OH is 1. The third kappa shape index (κ3) is 8.77. The van der Waals surface area contributed by atoms with Gasteiger partial charge in [-0.3, -0.25) is 0 Å². The van der Waals surface area contributed by atoms with Gasteiger partial charge in [0.25, 0.3) is 0 Å². The molecule has 0 aliphatic heterocycles. The first-order valence-electron chi connectivity index (χ1n) is 13.4. The summed E-state index contributed by atoms with van der Waals surface area (Å²) in [4.78, 5) is 25.6. The fourth-order valence-electron chi connectivity index (χ4n) is 4.59. The average molecular weight is 666 g/mol. The molecular formula is C34H34BrO7P. The van der Waals surface area contributed by atoms with E-state index in [-0.39, 0.29) is 36.4 Å². The maximum Gasteiger partial charge on any atom is 0.345 e. The number of benzene rings is 4. The number of halogens is 1. The second-order valence-electron chi connectivity index (χ2n) is 9.39. The predicted molar refractivity (Wildman–Crippen MR) is 167 cm³/mol. The molecule has 4 aromatic rings. The molecule has 0 bridgehead atoms. The summed E-state index contributed by atoms with van der Waals surface area (Å²) in [6, 6.07) is 35.2. The van der Waals surface area contributed by atoms with Crippen LogP contribution in [0.3, 0.4) is 0 Å². The summed E-state index contributed by atoms with van der Waals surface area (Å²) in [5.41, 5.74) is 0.709. The smallest absolute Gasteiger partial charge is 0.345 e. The van der Waals surface area contributed by atoms with Gasteiger partial charge in [0.05, 0.1) is 14.2 Å². The minimum atomic E-state index is -2.42. The number of hydrogen-bond acceptors (Lipinski definition) is 7. The summed E-state index contributed by atoms with van der Waals surface area (Å²) in [5, 5.41) is 13.6. The predicted octanol–water partition coefficient (Wildman–Crippen LogP) is 1.16. The van der Waals surface area contributed by atoms with Gasteiger partial charge in [0.2, 0.25) is 0 Å². The van der Waals surface area contributed by atoms with Gasteiger partial charge in [-0.05, 0) is 60.2 Å². The van der Waals surface area contributed by atoms with E-state index < -0.39 is 25.3 Å². The second-order valence-corrected chi connectivity index (χ2v) is 12.9. The molecule has 0 amide bonds. The maximum absolute atomic E-state index is 13.3. The zero-order chi connectivity index (χ0) is 29.8.